The molecule has 0 bridgehead atoms. The second kappa shape index (κ2) is 8.39. The van der Waals surface area contributed by atoms with Crippen molar-refractivity contribution in [1.29, 1.82) is 0 Å². The molecule has 4 aromatic rings. The fourth-order valence-electron chi connectivity index (χ4n) is 2.69. The summed E-state index contributed by atoms with van der Waals surface area (Å²) >= 11 is 0. The van der Waals surface area contributed by atoms with E-state index in [0.29, 0.717) is 29.8 Å². The maximum Gasteiger partial charge on any atom is 0.278 e. The van der Waals surface area contributed by atoms with Crippen molar-refractivity contribution in [3.05, 3.63) is 60.7 Å². The van der Waals surface area contributed by atoms with E-state index in [1.165, 1.54) is 0 Å². The second-order valence-electron chi connectivity index (χ2n) is 6.01. The summed E-state index contributed by atoms with van der Waals surface area (Å²) in [4.78, 5) is 4.40. The Morgan fingerprint density at radius 3 is 2.52 bits per heavy atom. The van der Waals surface area contributed by atoms with Gasteiger partial charge in [0.1, 0.15) is 11.5 Å². The standard InChI is InChI=1S/C21H19N5O3/c1-3-28-18-7-5-4-6-16(18)22-19-13-12-17(24-25-19)21-23-20(26-29-21)14-8-10-15(27-2)11-9-14/h4-13H,3H2,1-2H3,(H,22,25). The summed E-state index contributed by atoms with van der Waals surface area (Å²) in [5, 5.41) is 15.6. The monoisotopic (exact) mass is 389 g/mol. The average Bonchev–Trinajstić information content (AvgIpc) is 3.26. The minimum atomic E-state index is 0.296. The van der Waals surface area contributed by atoms with Gasteiger partial charge in [0.2, 0.25) is 5.82 Å². The second-order valence-corrected chi connectivity index (χ2v) is 6.01. The lowest BCUT2D eigenvalue weighted by Crippen LogP contribution is -2.00. The quantitative estimate of drug-likeness (QED) is 0.499. The highest BCUT2D eigenvalue weighted by atomic mass is 16.5. The molecule has 2 aromatic heterocycles. The number of nitrogens with one attached hydrogen (secondary N) is 1. The normalized spacial score (nSPS) is 10.6. The van der Waals surface area contributed by atoms with E-state index in [9.17, 15) is 0 Å². The van der Waals surface area contributed by atoms with E-state index >= 15 is 0 Å². The van der Waals surface area contributed by atoms with E-state index in [-0.39, 0.29) is 0 Å². The lowest BCUT2D eigenvalue weighted by molar-refractivity contribution is 0.342. The first-order chi connectivity index (χ1) is 14.3. The van der Waals surface area contributed by atoms with Crippen molar-refractivity contribution in [2.45, 2.75) is 6.92 Å². The minimum Gasteiger partial charge on any atom is -0.497 e. The molecule has 0 unspecified atom stereocenters. The van der Waals surface area contributed by atoms with Crippen molar-refractivity contribution in [3.8, 4) is 34.5 Å². The van der Waals surface area contributed by atoms with Gasteiger partial charge in [-0.15, -0.1) is 10.2 Å². The molecular weight excluding hydrogens is 370 g/mol. The van der Waals surface area contributed by atoms with Crippen LogP contribution in [0.4, 0.5) is 11.5 Å². The van der Waals surface area contributed by atoms with Crippen LogP contribution in [0.15, 0.2) is 65.2 Å². The van der Waals surface area contributed by atoms with E-state index in [1.807, 2.05) is 55.5 Å². The van der Waals surface area contributed by atoms with Gasteiger partial charge in [-0.3, -0.25) is 0 Å². The highest BCUT2D eigenvalue weighted by molar-refractivity contribution is 5.65. The smallest absolute Gasteiger partial charge is 0.278 e. The highest BCUT2D eigenvalue weighted by Crippen LogP contribution is 2.27. The number of aromatic nitrogens is 4. The molecule has 0 aliphatic heterocycles. The fraction of sp³-hybridized carbons (Fsp3) is 0.143. The Hall–Kier alpha value is -3.94. The van der Waals surface area contributed by atoms with Gasteiger partial charge in [-0.2, -0.15) is 4.98 Å². The van der Waals surface area contributed by atoms with Crippen LogP contribution in [0.5, 0.6) is 11.5 Å². The molecule has 0 atom stereocenters. The molecular formula is C21H19N5O3. The van der Waals surface area contributed by atoms with Crippen molar-refractivity contribution in [3.63, 3.8) is 0 Å². The number of methoxy groups -OCH3 is 1. The minimum absolute atomic E-state index is 0.296. The van der Waals surface area contributed by atoms with Crippen LogP contribution in [0, 0.1) is 0 Å². The number of rotatable bonds is 7. The molecule has 29 heavy (non-hydrogen) atoms. The van der Waals surface area contributed by atoms with Crippen molar-refractivity contribution in [1.82, 2.24) is 20.3 Å². The number of anilines is 2. The van der Waals surface area contributed by atoms with Crippen molar-refractivity contribution < 1.29 is 14.0 Å². The van der Waals surface area contributed by atoms with Gasteiger partial charge in [0.05, 0.1) is 19.4 Å². The number of benzene rings is 2. The molecule has 2 aromatic carbocycles. The Bertz CT molecular complexity index is 1080. The summed E-state index contributed by atoms with van der Waals surface area (Å²) in [5.41, 5.74) is 2.12. The zero-order chi connectivity index (χ0) is 20.1. The molecule has 4 rings (SSSR count). The van der Waals surface area contributed by atoms with Crippen LogP contribution in [0.1, 0.15) is 6.92 Å². The topological polar surface area (TPSA) is 95.2 Å². The van der Waals surface area contributed by atoms with Crippen LogP contribution in [-0.2, 0) is 0 Å². The molecule has 0 aliphatic carbocycles. The Kier molecular flexibility index (Phi) is 5.33. The molecule has 8 nitrogen and oxygen atoms in total. The SMILES string of the molecule is CCOc1ccccc1Nc1ccc(-c2nc(-c3ccc(OC)cc3)no2)nn1. The summed E-state index contributed by atoms with van der Waals surface area (Å²) < 4.78 is 16.1. The third-order valence-electron chi connectivity index (χ3n) is 4.11. The maximum absolute atomic E-state index is 5.61. The molecule has 0 fully saturated rings. The highest BCUT2D eigenvalue weighted by Gasteiger charge is 2.13. The van der Waals surface area contributed by atoms with Gasteiger partial charge in [0, 0.05) is 5.56 Å². The Morgan fingerprint density at radius 1 is 0.966 bits per heavy atom. The maximum atomic E-state index is 5.61. The number of hydrogen-bond acceptors (Lipinski definition) is 8. The number of nitrogens with zero attached hydrogens (tertiary/aromatic N) is 4. The third kappa shape index (κ3) is 4.16. The molecule has 0 saturated heterocycles. The van der Waals surface area contributed by atoms with Gasteiger partial charge in [-0.1, -0.05) is 17.3 Å². The first kappa shape index (κ1) is 18.4. The first-order valence-corrected chi connectivity index (χ1v) is 9.08. The molecule has 0 saturated carbocycles. The third-order valence-corrected chi connectivity index (χ3v) is 4.11. The van der Waals surface area contributed by atoms with Crippen LogP contribution in [0.25, 0.3) is 23.0 Å². The van der Waals surface area contributed by atoms with Crippen LogP contribution in [-0.4, -0.2) is 34.1 Å². The average molecular weight is 389 g/mol. The summed E-state index contributed by atoms with van der Waals surface area (Å²) in [6, 6.07) is 18.6. The number of ether oxygens (including phenoxy) is 2. The fourth-order valence-corrected chi connectivity index (χ4v) is 2.69. The molecule has 146 valence electrons. The molecule has 0 amide bonds. The molecule has 2 heterocycles. The lowest BCUT2D eigenvalue weighted by Gasteiger charge is -2.11. The number of para-hydroxylation sites is 2. The molecule has 1 N–H and O–H groups in total. The van der Waals surface area contributed by atoms with Gasteiger partial charge >= 0.3 is 0 Å². The van der Waals surface area contributed by atoms with Crippen LogP contribution in [0.2, 0.25) is 0 Å². The van der Waals surface area contributed by atoms with Crippen LogP contribution >= 0.6 is 0 Å². The summed E-state index contributed by atoms with van der Waals surface area (Å²) in [6.07, 6.45) is 0. The zero-order valence-corrected chi connectivity index (χ0v) is 16.0. The van der Waals surface area contributed by atoms with Gasteiger partial charge in [0.15, 0.2) is 11.5 Å². The Labute approximate surface area is 167 Å². The molecule has 0 radical (unpaired) electrons. The van der Waals surface area contributed by atoms with Crippen molar-refractivity contribution in [2.75, 3.05) is 19.0 Å². The van der Waals surface area contributed by atoms with Crippen LogP contribution < -0.4 is 14.8 Å². The van der Waals surface area contributed by atoms with Gasteiger partial charge in [-0.25, -0.2) is 0 Å². The first-order valence-electron chi connectivity index (χ1n) is 9.08. The summed E-state index contributed by atoms with van der Waals surface area (Å²) in [5.74, 6) is 2.86. The van der Waals surface area contributed by atoms with E-state index in [1.54, 1.807) is 19.2 Å². The number of hydrogen-bond donors (Lipinski definition) is 1. The molecule has 0 spiro atoms. The van der Waals surface area contributed by atoms with E-state index in [4.69, 9.17) is 14.0 Å². The van der Waals surface area contributed by atoms with Gasteiger partial charge < -0.3 is 19.3 Å². The van der Waals surface area contributed by atoms with E-state index < -0.39 is 0 Å². The lowest BCUT2D eigenvalue weighted by atomic mass is 10.2. The summed E-state index contributed by atoms with van der Waals surface area (Å²) in [7, 11) is 1.62. The van der Waals surface area contributed by atoms with Crippen molar-refractivity contribution >= 4 is 11.5 Å². The predicted molar refractivity (Wildman–Crippen MR) is 108 cm³/mol. The van der Waals surface area contributed by atoms with Crippen LogP contribution in [0.3, 0.4) is 0 Å². The Balaban J connectivity index is 1.50. The largest absolute Gasteiger partial charge is 0.497 e. The molecule has 0 aliphatic rings. The van der Waals surface area contributed by atoms with Crippen molar-refractivity contribution in [2.24, 2.45) is 0 Å². The van der Waals surface area contributed by atoms with E-state index in [2.05, 4.69) is 25.7 Å². The summed E-state index contributed by atoms with van der Waals surface area (Å²) in [6.45, 7) is 2.52. The van der Waals surface area contributed by atoms with Gasteiger partial charge in [-0.05, 0) is 55.5 Å². The predicted octanol–water partition coefficient (Wildman–Crippen LogP) is 4.34. The zero-order valence-electron chi connectivity index (χ0n) is 16.0. The molecule has 8 heteroatoms. The van der Waals surface area contributed by atoms with Gasteiger partial charge in [0.25, 0.3) is 5.89 Å². The van der Waals surface area contributed by atoms with E-state index in [0.717, 1.165) is 22.7 Å². The Morgan fingerprint density at radius 2 is 1.79 bits per heavy atom.